The zero-order chi connectivity index (χ0) is 12.0. The molecule has 0 aliphatic heterocycles. The van der Waals surface area contributed by atoms with Gasteiger partial charge in [-0.05, 0) is 0 Å². The third-order valence-electron chi connectivity index (χ3n) is 3.24. The van der Waals surface area contributed by atoms with Crippen molar-refractivity contribution in [3.05, 3.63) is 0 Å². The van der Waals surface area contributed by atoms with Crippen molar-refractivity contribution in [3.63, 3.8) is 0 Å². The van der Waals surface area contributed by atoms with E-state index in [4.69, 9.17) is 0 Å². The van der Waals surface area contributed by atoms with Crippen molar-refractivity contribution in [1.82, 2.24) is 0 Å². The predicted octanol–water partition coefficient (Wildman–Crippen LogP) is 3.03. The first-order valence-electron chi connectivity index (χ1n) is 6.07. The fourth-order valence-corrected chi connectivity index (χ4v) is 2.95. The van der Waals surface area contributed by atoms with Crippen molar-refractivity contribution in [1.29, 1.82) is 0 Å². The molecule has 0 aromatic carbocycles. The summed E-state index contributed by atoms with van der Waals surface area (Å²) >= 11 is 0. The second-order valence-corrected chi connectivity index (χ2v) is 8.55. The number of unbranched alkanes of at least 4 members (excludes halogenated alkanes) is 4. The summed E-state index contributed by atoms with van der Waals surface area (Å²) in [5.41, 5.74) is -0.373. The second kappa shape index (κ2) is 6.15. The number of rotatable bonds is 8. The molecule has 3 nitrogen and oxygen atoms in total. The summed E-state index contributed by atoms with van der Waals surface area (Å²) in [6.07, 6.45) is 6.52. The summed E-state index contributed by atoms with van der Waals surface area (Å²) in [5, 5.41) is 0. The monoisotopic (exact) mass is 238 g/mol. The Labute approximate surface area is 93.7 Å². The van der Waals surface area contributed by atoms with Crippen molar-refractivity contribution in [3.8, 4) is 0 Å². The Bertz CT molecular complexity index is 174. The van der Waals surface area contributed by atoms with E-state index in [2.05, 4.69) is 6.92 Å². The zero-order valence-electron chi connectivity index (χ0n) is 10.3. The minimum absolute atomic E-state index is 0.0712. The average molecular weight is 238 g/mol. The second-order valence-electron chi connectivity index (χ2n) is 4.59. The third-order valence-corrected chi connectivity index (χ3v) is 6.51. The van der Waals surface area contributed by atoms with Crippen molar-refractivity contribution in [2.75, 3.05) is 6.16 Å². The summed E-state index contributed by atoms with van der Waals surface area (Å²) in [7, 11) is -4.31. The fraction of sp³-hybridized carbons (Fsp3) is 1.00. The first-order chi connectivity index (χ1) is 6.82. The minimum atomic E-state index is -4.31. The molecule has 0 aromatic heterocycles. The van der Waals surface area contributed by atoms with E-state index in [-0.39, 0.29) is 11.8 Å². The van der Waals surface area contributed by atoms with Gasteiger partial charge in [0.15, 0.2) is 0 Å². The van der Waals surface area contributed by atoms with E-state index in [0.29, 0.717) is 6.42 Å². The molecular weight excluding hydrogens is 211 g/mol. The van der Waals surface area contributed by atoms with Gasteiger partial charge in [-0.2, -0.15) is 0 Å². The van der Waals surface area contributed by atoms with E-state index in [0.717, 1.165) is 12.8 Å². The van der Waals surface area contributed by atoms with Gasteiger partial charge in [0.2, 0.25) is 0 Å². The van der Waals surface area contributed by atoms with Crippen LogP contribution < -0.4 is 0 Å². The van der Waals surface area contributed by atoms with E-state index in [9.17, 15) is 14.7 Å². The van der Waals surface area contributed by atoms with Crippen molar-refractivity contribution >= 4 is 7.28 Å². The zero-order valence-corrected chi connectivity index (χ0v) is 11.2. The molecule has 0 heterocycles. The molecule has 0 aliphatic rings. The molecule has 0 saturated heterocycles. The molecule has 4 heteroatoms. The Morgan fingerprint density at radius 2 is 1.47 bits per heavy atom. The summed E-state index contributed by atoms with van der Waals surface area (Å²) in [4.78, 5) is 29.1. The third kappa shape index (κ3) is 5.82. The van der Waals surface area contributed by atoms with Gasteiger partial charge in [-0.15, -0.1) is 0 Å². The molecular formula is C11H27O3P. The van der Waals surface area contributed by atoms with Gasteiger partial charge < -0.3 is 0 Å². The van der Waals surface area contributed by atoms with Crippen LogP contribution in [0.5, 0.6) is 0 Å². The van der Waals surface area contributed by atoms with Crippen molar-refractivity contribution in [2.45, 2.75) is 65.0 Å². The van der Waals surface area contributed by atoms with E-state index in [1.165, 1.54) is 19.3 Å². The van der Waals surface area contributed by atoms with Gasteiger partial charge in [0.25, 0.3) is 0 Å². The van der Waals surface area contributed by atoms with E-state index in [1.807, 2.05) is 0 Å². The van der Waals surface area contributed by atoms with Gasteiger partial charge in [0, 0.05) is 0 Å². The van der Waals surface area contributed by atoms with E-state index >= 15 is 0 Å². The fourth-order valence-electron chi connectivity index (χ4n) is 1.62. The van der Waals surface area contributed by atoms with Crippen molar-refractivity contribution < 1.29 is 14.7 Å². The Morgan fingerprint density at radius 1 is 0.933 bits per heavy atom. The molecule has 0 spiro atoms. The molecule has 0 aromatic rings. The maximum absolute atomic E-state index is 9.70. The van der Waals surface area contributed by atoms with Gasteiger partial charge in [-0.3, -0.25) is 0 Å². The van der Waals surface area contributed by atoms with Crippen LogP contribution >= 0.6 is 7.28 Å². The van der Waals surface area contributed by atoms with Crippen LogP contribution in [-0.2, 0) is 0 Å². The van der Waals surface area contributed by atoms with E-state index in [1.54, 1.807) is 13.8 Å². The molecule has 0 aliphatic carbocycles. The van der Waals surface area contributed by atoms with Crippen LogP contribution in [0.4, 0.5) is 0 Å². The van der Waals surface area contributed by atoms with Gasteiger partial charge in [-0.1, -0.05) is 0 Å². The summed E-state index contributed by atoms with van der Waals surface area (Å²) in [5.74, 6) is 0. The normalized spacial score (nSPS) is 17.1. The Balaban J connectivity index is 3.79. The van der Waals surface area contributed by atoms with Crippen molar-refractivity contribution in [2.24, 2.45) is 0 Å². The Kier molecular flexibility index (Phi) is 6.27. The maximum atomic E-state index is 9.70. The van der Waals surface area contributed by atoms with Crippen LogP contribution in [0.1, 0.15) is 59.3 Å². The molecule has 1 unspecified atom stereocenters. The number of hydrogen-bond acceptors (Lipinski definition) is 3. The first kappa shape index (κ1) is 15.3. The Hall–Kier alpha value is 0.310. The molecule has 15 heavy (non-hydrogen) atoms. The summed E-state index contributed by atoms with van der Waals surface area (Å²) in [6, 6.07) is 0. The van der Waals surface area contributed by atoms with E-state index < -0.39 is 7.28 Å². The molecule has 0 fully saturated rings. The molecule has 0 saturated carbocycles. The number of hydrogen-bond donors (Lipinski definition) is 3. The predicted molar refractivity (Wildman–Crippen MR) is 67.0 cm³/mol. The molecule has 0 amide bonds. The molecule has 94 valence electrons. The molecule has 0 rings (SSSR count). The SMILES string of the molecule is CCCCCCCC(C)P(O)(O)(O)CC. The van der Waals surface area contributed by atoms with Crippen LogP contribution in [-0.4, -0.2) is 26.5 Å². The van der Waals surface area contributed by atoms with Gasteiger partial charge in [-0.25, -0.2) is 0 Å². The quantitative estimate of drug-likeness (QED) is 0.450. The van der Waals surface area contributed by atoms with Crippen LogP contribution in [0.2, 0.25) is 0 Å². The topological polar surface area (TPSA) is 60.7 Å². The molecule has 0 bridgehead atoms. The van der Waals surface area contributed by atoms with Gasteiger partial charge in [0.05, 0.1) is 0 Å². The molecule has 0 radical (unpaired) electrons. The van der Waals surface area contributed by atoms with Crippen LogP contribution in [0.25, 0.3) is 0 Å². The molecule has 3 N–H and O–H groups in total. The van der Waals surface area contributed by atoms with Crippen LogP contribution in [0.15, 0.2) is 0 Å². The summed E-state index contributed by atoms with van der Waals surface area (Å²) in [6.45, 7) is 5.54. The first-order valence-corrected chi connectivity index (χ1v) is 8.42. The van der Waals surface area contributed by atoms with Crippen LogP contribution in [0.3, 0.4) is 0 Å². The van der Waals surface area contributed by atoms with Gasteiger partial charge >= 0.3 is 93.1 Å². The Morgan fingerprint density at radius 3 is 1.93 bits per heavy atom. The molecule has 1 atom stereocenters. The standard InChI is InChI=1S/C11H27O3P/c1-4-6-7-8-9-10-11(3)15(12,13,14)5-2/h11-14H,4-10H2,1-3H3. The van der Waals surface area contributed by atoms with Crippen LogP contribution in [0, 0.1) is 0 Å². The van der Waals surface area contributed by atoms with Gasteiger partial charge in [0.1, 0.15) is 0 Å². The average Bonchev–Trinajstić information content (AvgIpc) is 2.17. The summed E-state index contributed by atoms with van der Waals surface area (Å²) < 4.78 is 0.